The zero-order valence-corrected chi connectivity index (χ0v) is 19.5. The molecule has 3 heterocycles. The number of halogens is 2. The third-order valence-electron chi connectivity index (χ3n) is 4.58. The van der Waals surface area contributed by atoms with Gasteiger partial charge in [0.25, 0.3) is 0 Å². The van der Waals surface area contributed by atoms with Gasteiger partial charge in [-0.1, -0.05) is 0 Å². The Kier molecular flexibility index (Phi) is 6.06. The second-order valence-corrected chi connectivity index (χ2v) is 11.5. The molecule has 1 aromatic rings. The normalized spacial score (nSPS) is 27.4. The minimum absolute atomic E-state index is 0.0121. The maximum Gasteiger partial charge on any atom is 0.313 e. The van der Waals surface area contributed by atoms with Crippen LogP contribution in [0, 0.1) is 5.82 Å². The summed E-state index contributed by atoms with van der Waals surface area (Å²) in [5, 5.41) is 0. The van der Waals surface area contributed by atoms with Gasteiger partial charge in [0.2, 0.25) is 0 Å². The summed E-state index contributed by atoms with van der Waals surface area (Å²) in [4.78, 5) is 21.5. The molecule has 0 fully saturated rings. The highest BCUT2D eigenvalue weighted by molar-refractivity contribution is 9.10. The van der Waals surface area contributed by atoms with Crippen LogP contribution in [0.15, 0.2) is 26.1 Å². The zero-order chi connectivity index (χ0) is 21.4. The van der Waals surface area contributed by atoms with Crippen molar-refractivity contribution in [3.8, 4) is 0 Å². The molecule has 0 aliphatic carbocycles. The Bertz CT molecular complexity index is 969. The molecule has 3 rings (SSSR count). The van der Waals surface area contributed by atoms with Crippen molar-refractivity contribution in [2.75, 3.05) is 18.8 Å². The van der Waals surface area contributed by atoms with Crippen LogP contribution < -0.4 is 0 Å². The van der Waals surface area contributed by atoms with Crippen LogP contribution in [0.3, 0.4) is 0 Å². The number of hydrogen-bond donors (Lipinski definition) is 0. The Morgan fingerprint density at radius 3 is 2.79 bits per heavy atom. The molecule has 7 nitrogen and oxygen atoms in total. The first kappa shape index (κ1) is 22.1. The van der Waals surface area contributed by atoms with E-state index >= 15 is 0 Å². The second kappa shape index (κ2) is 7.94. The number of ether oxygens (including phenoxy) is 1. The van der Waals surface area contributed by atoms with Crippen molar-refractivity contribution in [2.24, 2.45) is 9.36 Å². The van der Waals surface area contributed by atoms with Crippen molar-refractivity contribution in [3.63, 3.8) is 0 Å². The lowest BCUT2D eigenvalue weighted by atomic mass is 9.99. The highest BCUT2D eigenvalue weighted by Gasteiger charge is 2.44. The zero-order valence-electron chi connectivity index (χ0n) is 17.1. The molecular weight excluding hydrogens is 463 g/mol. The van der Waals surface area contributed by atoms with Gasteiger partial charge in [-0.3, -0.25) is 14.1 Å². The first-order chi connectivity index (χ1) is 13.4. The quantitative estimate of drug-likeness (QED) is 0.478. The van der Waals surface area contributed by atoms with E-state index in [9.17, 15) is 13.4 Å². The number of rotatable bonds is 3. The van der Waals surface area contributed by atoms with Crippen molar-refractivity contribution in [1.29, 1.82) is 0 Å². The van der Waals surface area contributed by atoms with Gasteiger partial charge in [0.05, 0.1) is 12.3 Å². The van der Waals surface area contributed by atoms with Gasteiger partial charge in [-0.15, -0.1) is 0 Å². The maximum absolute atomic E-state index is 14.7. The Labute approximate surface area is 179 Å². The van der Waals surface area contributed by atoms with Crippen LogP contribution in [-0.4, -0.2) is 49.7 Å². The number of pyridine rings is 1. The number of amidine groups is 1. The summed E-state index contributed by atoms with van der Waals surface area (Å²) in [6, 6.07) is 2.79. The minimum Gasteiger partial charge on any atom is -0.460 e. The molecule has 0 saturated heterocycles. The van der Waals surface area contributed by atoms with Crippen LogP contribution in [0.4, 0.5) is 4.39 Å². The van der Waals surface area contributed by atoms with Gasteiger partial charge < -0.3 is 4.74 Å². The number of carbonyl (C=O) groups excluding carboxylic acids is 1. The van der Waals surface area contributed by atoms with E-state index in [0.717, 1.165) is 12.8 Å². The van der Waals surface area contributed by atoms with E-state index in [0.29, 0.717) is 23.5 Å². The monoisotopic (exact) mass is 488 g/mol. The van der Waals surface area contributed by atoms with Crippen molar-refractivity contribution >= 4 is 37.6 Å². The maximum atomic E-state index is 14.7. The molecule has 0 bridgehead atoms. The van der Waals surface area contributed by atoms with Gasteiger partial charge in [0, 0.05) is 6.54 Å². The molecule has 2 aliphatic heterocycles. The van der Waals surface area contributed by atoms with E-state index in [4.69, 9.17) is 9.73 Å². The van der Waals surface area contributed by atoms with Gasteiger partial charge >= 0.3 is 5.97 Å². The first-order valence-electron chi connectivity index (χ1n) is 9.53. The fourth-order valence-electron chi connectivity index (χ4n) is 3.49. The van der Waals surface area contributed by atoms with Gasteiger partial charge in [0.15, 0.2) is 0 Å². The van der Waals surface area contributed by atoms with E-state index in [-0.39, 0.29) is 17.9 Å². The molecule has 0 amide bonds. The van der Waals surface area contributed by atoms with Crippen LogP contribution in [0.5, 0.6) is 0 Å². The van der Waals surface area contributed by atoms with Gasteiger partial charge in [0.1, 0.15) is 49.4 Å². The summed E-state index contributed by atoms with van der Waals surface area (Å²) in [5.41, 5.74) is -1.79. The molecule has 0 spiro atoms. The highest BCUT2D eigenvalue weighted by Crippen LogP contribution is 2.36. The van der Waals surface area contributed by atoms with Gasteiger partial charge in [-0.25, -0.2) is 17.9 Å². The average Bonchev–Trinajstić information content (AvgIpc) is 2.76. The largest absolute Gasteiger partial charge is 0.460 e. The first-order valence-corrected chi connectivity index (χ1v) is 12.0. The predicted octanol–water partition coefficient (Wildman–Crippen LogP) is 3.82. The van der Waals surface area contributed by atoms with Gasteiger partial charge in [-0.05, 0) is 68.6 Å². The van der Waals surface area contributed by atoms with Crippen LogP contribution in [0.1, 0.15) is 52.7 Å². The summed E-state index contributed by atoms with van der Waals surface area (Å²) >= 11 is 3.26. The summed E-state index contributed by atoms with van der Waals surface area (Å²) in [6.07, 6.45) is 1.43. The molecule has 0 radical (unpaired) electrons. The molecule has 0 unspecified atom stereocenters. The second-order valence-electron chi connectivity index (χ2n) is 8.44. The molecule has 29 heavy (non-hydrogen) atoms. The Balaban J connectivity index is 2.10. The molecule has 0 saturated carbocycles. The van der Waals surface area contributed by atoms with Gasteiger partial charge in [-0.2, -0.15) is 0 Å². The van der Waals surface area contributed by atoms with Crippen LogP contribution in [-0.2, 0) is 25.0 Å². The summed E-state index contributed by atoms with van der Waals surface area (Å²) in [6.45, 7) is 7.97. The molecule has 160 valence electrons. The Hall–Kier alpha value is -1.55. The lowest BCUT2D eigenvalue weighted by Crippen LogP contribution is -2.50. The fourth-order valence-corrected chi connectivity index (χ4v) is 6.39. The molecule has 1 aromatic heterocycles. The minimum atomic E-state index is -2.89. The van der Waals surface area contributed by atoms with E-state index in [1.807, 2.05) is 0 Å². The molecular formula is C19H26BrFN4O3S. The number of carbonyl (C=O) groups is 1. The Morgan fingerprint density at radius 2 is 2.10 bits per heavy atom. The predicted molar refractivity (Wildman–Crippen MR) is 113 cm³/mol. The number of aliphatic imine (C=N–C) groups is 1. The van der Waals surface area contributed by atoms with Crippen LogP contribution in [0.2, 0.25) is 0 Å². The summed E-state index contributed by atoms with van der Waals surface area (Å²) < 4.78 is 40.4. The number of hydrogen-bond acceptors (Lipinski definition) is 6. The molecule has 0 aromatic carbocycles. The number of nitrogens with zero attached hydrogens (tertiary/aromatic N) is 4. The third kappa shape index (κ3) is 4.96. The van der Waals surface area contributed by atoms with Crippen molar-refractivity contribution in [1.82, 2.24) is 9.29 Å². The molecule has 10 heteroatoms. The van der Waals surface area contributed by atoms with E-state index in [2.05, 4.69) is 25.3 Å². The van der Waals surface area contributed by atoms with Crippen LogP contribution >= 0.6 is 15.9 Å². The van der Waals surface area contributed by atoms with Crippen molar-refractivity contribution < 1.29 is 18.1 Å². The van der Waals surface area contributed by atoms with E-state index in [1.165, 1.54) is 12.1 Å². The Morgan fingerprint density at radius 1 is 1.38 bits per heavy atom. The fraction of sp³-hybridized carbons (Fsp3) is 0.632. The standard InChI is InChI=1S/C19H26BrFN4O3S/c1-18(2,3)28-16(26)11-15-24-19(4,17-13(21)7-8-14(20)23-17)12-29(27)22-9-5-6-10-25(15)29/h7-8H,5-6,9-12H2,1-4H3/t19-,29+/m0/s1. The molecule has 0 N–H and O–H groups in total. The van der Waals surface area contributed by atoms with E-state index in [1.54, 1.807) is 32.0 Å². The average molecular weight is 489 g/mol. The number of esters is 1. The smallest absolute Gasteiger partial charge is 0.313 e. The molecule has 2 aliphatic rings. The highest BCUT2D eigenvalue weighted by atomic mass is 79.9. The van der Waals surface area contributed by atoms with Crippen molar-refractivity contribution in [2.45, 2.75) is 58.1 Å². The van der Waals surface area contributed by atoms with Crippen LogP contribution in [0.25, 0.3) is 0 Å². The lowest BCUT2D eigenvalue weighted by Gasteiger charge is -2.39. The third-order valence-corrected chi connectivity index (χ3v) is 7.63. The number of aromatic nitrogens is 1. The number of fused-ring (bicyclic) bond motifs is 1. The summed E-state index contributed by atoms with van der Waals surface area (Å²) in [7, 11) is -2.89. The van der Waals surface area contributed by atoms with Crippen molar-refractivity contribution in [3.05, 3.63) is 28.2 Å². The lowest BCUT2D eigenvalue weighted by molar-refractivity contribution is -0.153. The summed E-state index contributed by atoms with van der Waals surface area (Å²) in [5.74, 6) is -0.696. The SMILES string of the molecule is CC(C)(C)OC(=O)CC1=N[C@](C)(c2nc(Br)ccc2F)C[S@@]2(=O)=NCCCCN12. The molecule has 2 atom stereocenters. The topological polar surface area (TPSA) is 84.2 Å². The van der Waals surface area contributed by atoms with E-state index < -0.39 is 32.8 Å².